The molecule has 1 aromatic carbocycles. The molecule has 3 amide bonds. The molecule has 0 aliphatic carbocycles. The Morgan fingerprint density at radius 1 is 1.33 bits per heavy atom. The molecule has 8 heteroatoms. The third kappa shape index (κ3) is 3.93. The van der Waals surface area contributed by atoms with Crippen LogP contribution in [0.3, 0.4) is 0 Å². The number of halogens is 1. The monoisotopic (exact) mass is 386 g/mol. The molecule has 3 rings (SSSR count). The zero-order valence-corrected chi connectivity index (χ0v) is 15.5. The molecule has 27 heavy (non-hydrogen) atoms. The van der Waals surface area contributed by atoms with E-state index in [1.807, 2.05) is 6.07 Å². The first-order chi connectivity index (χ1) is 12.9. The molecule has 2 aromatic rings. The Bertz CT molecular complexity index is 916. The zero-order chi connectivity index (χ0) is 19.6. The second-order valence-electron chi connectivity index (χ2n) is 6.36. The lowest BCUT2D eigenvalue weighted by Gasteiger charge is -2.33. The molecule has 1 aromatic heterocycles. The van der Waals surface area contributed by atoms with E-state index < -0.39 is 17.9 Å². The number of aromatic nitrogens is 1. The van der Waals surface area contributed by atoms with Gasteiger partial charge < -0.3 is 16.0 Å². The molecule has 1 fully saturated rings. The maximum absolute atomic E-state index is 12.8. The number of nitrogens with zero attached hydrogens (tertiary/aromatic N) is 2. The summed E-state index contributed by atoms with van der Waals surface area (Å²) < 4.78 is 0. The third-order valence-corrected chi connectivity index (χ3v) is 4.82. The number of hydrogen-bond acceptors (Lipinski definition) is 4. The number of nitrogens with one attached hydrogen (secondary N) is 1. The molecular weight excluding hydrogens is 368 g/mol. The van der Waals surface area contributed by atoms with E-state index in [1.165, 1.54) is 12.3 Å². The molecule has 3 N–H and O–H groups in total. The highest BCUT2D eigenvalue weighted by molar-refractivity contribution is 6.33. The van der Waals surface area contributed by atoms with Crippen molar-refractivity contribution in [3.63, 3.8) is 0 Å². The van der Waals surface area contributed by atoms with Crippen molar-refractivity contribution in [1.82, 2.24) is 10.3 Å². The summed E-state index contributed by atoms with van der Waals surface area (Å²) in [6.07, 6.45) is 2.53. The highest BCUT2D eigenvalue weighted by Gasteiger charge is 2.32. The van der Waals surface area contributed by atoms with Crippen molar-refractivity contribution in [2.24, 2.45) is 5.73 Å². The molecule has 7 nitrogen and oxygen atoms in total. The second kappa shape index (κ2) is 7.75. The van der Waals surface area contributed by atoms with Crippen molar-refractivity contribution in [1.29, 1.82) is 0 Å². The molecule has 1 aliphatic rings. The van der Waals surface area contributed by atoms with Gasteiger partial charge in [-0.2, -0.15) is 0 Å². The van der Waals surface area contributed by atoms with Crippen LogP contribution in [0.4, 0.5) is 5.69 Å². The number of rotatable bonds is 4. The van der Waals surface area contributed by atoms with Crippen LogP contribution in [0, 0.1) is 6.92 Å². The molecule has 2 heterocycles. The Kier molecular flexibility index (Phi) is 5.41. The molecule has 1 unspecified atom stereocenters. The van der Waals surface area contributed by atoms with Gasteiger partial charge in [0.2, 0.25) is 5.91 Å². The third-order valence-electron chi connectivity index (χ3n) is 4.50. The van der Waals surface area contributed by atoms with Gasteiger partial charge in [-0.25, -0.2) is 0 Å². The molecular formula is C19H19ClN4O3. The summed E-state index contributed by atoms with van der Waals surface area (Å²) in [5.74, 6) is -1.30. The quantitative estimate of drug-likeness (QED) is 0.838. The molecule has 0 radical (unpaired) electrons. The summed E-state index contributed by atoms with van der Waals surface area (Å²) in [6.45, 7) is 2.21. The van der Waals surface area contributed by atoms with E-state index in [0.29, 0.717) is 29.2 Å². The van der Waals surface area contributed by atoms with Gasteiger partial charge in [-0.3, -0.25) is 19.4 Å². The van der Waals surface area contributed by atoms with Crippen LogP contribution in [0.25, 0.3) is 0 Å². The highest BCUT2D eigenvalue weighted by atomic mass is 35.5. The average molecular weight is 387 g/mol. The normalized spacial score (nSPS) is 16.9. The van der Waals surface area contributed by atoms with Gasteiger partial charge in [0.05, 0.1) is 16.3 Å². The molecule has 1 saturated heterocycles. The first kappa shape index (κ1) is 18.8. The maximum Gasteiger partial charge on any atom is 0.270 e. The van der Waals surface area contributed by atoms with E-state index in [2.05, 4.69) is 10.3 Å². The van der Waals surface area contributed by atoms with Crippen molar-refractivity contribution < 1.29 is 14.4 Å². The van der Waals surface area contributed by atoms with E-state index in [-0.39, 0.29) is 17.2 Å². The minimum absolute atomic E-state index is 0.125. The minimum atomic E-state index is -0.666. The lowest BCUT2D eigenvalue weighted by atomic mass is 10.0. The number of benzene rings is 1. The van der Waals surface area contributed by atoms with E-state index in [4.69, 9.17) is 17.3 Å². The van der Waals surface area contributed by atoms with E-state index in [0.717, 1.165) is 6.42 Å². The predicted octanol–water partition coefficient (Wildman–Crippen LogP) is 2.07. The molecule has 1 atom stereocenters. The van der Waals surface area contributed by atoms with Crippen molar-refractivity contribution in [3.8, 4) is 0 Å². The number of primary amides is 1. The summed E-state index contributed by atoms with van der Waals surface area (Å²) >= 11 is 6.20. The first-order valence-electron chi connectivity index (χ1n) is 8.51. The molecule has 0 spiro atoms. The number of carbonyl (C=O) groups is 3. The number of amides is 3. The van der Waals surface area contributed by atoms with Crippen molar-refractivity contribution in [3.05, 3.63) is 58.4 Å². The minimum Gasteiger partial charge on any atom is -0.366 e. The van der Waals surface area contributed by atoms with Crippen LogP contribution < -0.4 is 16.0 Å². The van der Waals surface area contributed by atoms with Gasteiger partial charge in [0.1, 0.15) is 11.7 Å². The topological polar surface area (TPSA) is 105 Å². The summed E-state index contributed by atoms with van der Waals surface area (Å²) in [5, 5.41) is 3.21. The van der Waals surface area contributed by atoms with Gasteiger partial charge in [-0.1, -0.05) is 23.7 Å². The van der Waals surface area contributed by atoms with E-state index in [9.17, 15) is 14.4 Å². The maximum atomic E-state index is 12.8. The number of nitrogens with two attached hydrogens (primary N) is 1. The van der Waals surface area contributed by atoms with Gasteiger partial charge in [0.25, 0.3) is 11.8 Å². The smallest absolute Gasteiger partial charge is 0.270 e. The lowest BCUT2D eigenvalue weighted by Crippen LogP contribution is -2.52. The SMILES string of the molecule is Cc1cc(C(=O)NC2CCCN(c3ccccc3Cl)C2=O)ncc1C(N)=O. The predicted molar refractivity (Wildman–Crippen MR) is 102 cm³/mol. The standard InChI is InChI=1S/C19H19ClN4O3/c1-11-9-15(22-10-12(11)17(21)25)18(26)23-14-6-4-8-24(19(14)27)16-7-3-2-5-13(16)20/h2-3,5,7,9-10,14H,4,6,8H2,1H3,(H2,21,25)(H,23,26). The molecule has 140 valence electrons. The summed E-state index contributed by atoms with van der Waals surface area (Å²) in [7, 11) is 0. The van der Waals surface area contributed by atoms with Gasteiger partial charge in [0, 0.05) is 12.7 Å². The van der Waals surface area contributed by atoms with Crippen LogP contribution in [0.1, 0.15) is 39.3 Å². The zero-order valence-electron chi connectivity index (χ0n) is 14.7. The van der Waals surface area contributed by atoms with Crippen LogP contribution >= 0.6 is 11.6 Å². The fourth-order valence-corrected chi connectivity index (χ4v) is 3.33. The Morgan fingerprint density at radius 2 is 2.07 bits per heavy atom. The number of carbonyl (C=O) groups excluding carboxylic acids is 3. The largest absolute Gasteiger partial charge is 0.366 e. The Morgan fingerprint density at radius 3 is 2.74 bits per heavy atom. The molecule has 1 aliphatic heterocycles. The van der Waals surface area contributed by atoms with Gasteiger partial charge in [-0.05, 0) is 43.5 Å². The van der Waals surface area contributed by atoms with E-state index >= 15 is 0 Å². The van der Waals surface area contributed by atoms with Crippen LogP contribution in [0.2, 0.25) is 5.02 Å². The Hall–Kier alpha value is -2.93. The number of anilines is 1. The lowest BCUT2D eigenvalue weighted by molar-refractivity contribution is -0.121. The number of piperidine rings is 1. The van der Waals surface area contributed by atoms with Crippen LogP contribution in [0.15, 0.2) is 36.5 Å². The average Bonchev–Trinajstić information content (AvgIpc) is 2.63. The first-order valence-corrected chi connectivity index (χ1v) is 8.89. The summed E-state index contributed by atoms with van der Waals surface area (Å²) in [5.41, 5.74) is 6.81. The number of pyridine rings is 1. The van der Waals surface area contributed by atoms with Crippen LogP contribution in [0.5, 0.6) is 0 Å². The summed E-state index contributed by atoms with van der Waals surface area (Å²) in [6, 6.07) is 7.92. The fraction of sp³-hybridized carbons (Fsp3) is 0.263. The molecule has 0 bridgehead atoms. The van der Waals surface area contributed by atoms with Crippen molar-refractivity contribution >= 4 is 35.0 Å². The number of aryl methyl sites for hydroxylation is 1. The van der Waals surface area contributed by atoms with Crippen molar-refractivity contribution in [2.75, 3.05) is 11.4 Å². The van der Waals surface area contributed by atoms with Gasteiger partial charge in [-0.15, -0.1) is 0 Å². The highest BCUT2D eigenvalue weighted by Crippen LogP contribution is 2.28. The fourth-order valence-electron chi connectivity index (χ4n) is 3.09. The Labute approximate surface area is 161 Å². The van der Waals surface area contributed by atoms with Crippen LogP contribution in [-0.2, 0) is 4.79 Å². The van der Waals surface area contributed by atoms with Crippen molar-refractivity contribution in [2.45, 2.75) is 25.8 Å². The van der Waals surface area contributed by atoms with Crippen LogP contribution in [-0.4, -0.2) is 35.3 Å². The Balaban J connectivity index is 1.76. The molecule has 0 saturated carbocycles. The van der Waals surface area contributed by atoms with Gasteiger partial charge >= 0.3 is 0 Å². The second-order valence-corrected chi connectivity index (χ2v) is 6.77. The van der Waals surface area contributed by atoms with Gasteiger partial charge in [0.15, 0.2) is 0 Å². The van der Waals surface area contributed by atoms with E-state index in [1.54, 1.807) is 30.0 Å². The number of hydrogen-bond donors (Lipinski definition) is 2. The summed E-state index contributed by atoms with van der Waals surface area (Å²) in [4.78, 5) is 42.2. The number of para-hydroxylation sites is 1.